The molecule has 19 heavy (non-hydrogen) atoms. The third kappa shape index (κ3) is 2.25. The number of hydrogen-bond donors (Lipinski definition) is 2. The molecule has 1 unspecified atom stereocenters. The molecule has 5 heteroatoms. The second-order valence-corrected chi connectivity index (χ2v) is 6.03. The third-order valence-corrected chi connectivity index (χ3v) is 3.58. The Kier molecular flexibility index (Phi) is 3.16. The number of nitrogens with two attached hydrogens (primary N) is 1. The minimum absolute atomic E-state index is 0.121. The van der Waals surface area contributed by atoms with Gasteiger partial charge in [-0.2, -0.15) is 0 Å². The van der Waals surface area contributed by atoms with E-state index in [0.717, 1.165) is 5.56 Å². The monoisotopic (exact) mass is 266 g/mol. The lowest BCUT2D eigenvalue weighted by Crippen LogP contribution is -2.45. The van der Waals surface area contributed by atoms with Gasteiger partial charge in [0, 0.05) is 6.54 Å². The minimum atomic E-state index is -0.970. The summed E-state index contributed by atoms with van der Waals surface area (Å²) in [5.74, 6) is -0.406. The van der Waals surface area contributed by atoms with Crippen LogP contribution in [0.3, 0.4) is 0 Å². The van der Waals surface area contributed by atoms with Gasteiger partial charge in [-0.25, -0.2) is 9.18 Å². The molecule has 1 heterocycles. The van der Waals surface area contributed by atoms with E-state index in [0.29, 0.717) is 18.5 Å². The van der Waals surface area contributed by atoms with Crippen molar-refractivity contribution in [2.75, 3.05) is 12.3 Å². The fourth-order valence-electron chi connectivity index (χ4n) is 2.83. The molecule has 0 aliphatic carbocycles. The van der Waals surface area contributed by atoms with Gasteiger partial charge < -0.3 is 15.7 Å². The highest BCUT2D eigenvalue weighted by atomic mass is 19.1. The molecule has 3 N–H and O–H groups in total. The van der Waals surface area contributed by atoms with Crippen molar-refractivity contribution in [3.8, 4) is 0 Å². The molecule has 0 saturated carbocycles. The van der Waals surface area contributed by atoms with Crippen LogP contribution in [0.1, 0.15) is 37.9 Å². The molecule has 0 bridgehead atoms. The number of carboxylic acid groups (broad SMARTS) is 1. The number of fused-ring (bicyclic) bond motifs is 1. The van der Waals surface area contributed by atoms with Crippen LogP contribution in [-0.2, 0) is 6.42 Å². The van der Waals surface area contributed by atoms with Crippen molar-refractivity contribution in [2.45, 2.75) is 33.2 Å². The Morgan fingerprint density at radius 2 is 2.11 bits per heavy atom. The molecule has 1 atom stereocenters. The van der Waals surface area contributed by atoms with Crippen LogP contribution in [0.2, 0.25) is 0 Å². The SMILES string of the molecule is CC(C)(C)C1c2ccc(N)c(F)c2CCN1C(=O)O. The molecule has 0 saturated heterocycles. The van der Waals surface area contributed by atoms with Crippen LogP contribution in [0, 0.1) is 11.2 Å². The van der Waals surface area contributed by atoms with Crippen LogP contribution in [0.5, 0.6) is 0 Å². The highest BCUT2D eigenvalue weighted by Gasteiger charge is 2.39. The number of benzene rings is 1. The normalized spacial score (nSPS) is 19.2. The standard InChI is InChI=1S/C14H19FN2O2/c1-14(2,3)12-9-4-5-10(16)11(15)8(9)6-7-17(12)13(18)19/h4-5,12H,6-7,16H2,1-3H3,(H,18,19). The topological polar surface area (TPSA) is 66.6 Å². The first-order valence-corrected chi connectivity index (χ1v) is 6.30. The second kappa shape index (κ2) is 4.40. The summed E-state index contributed by atoms with van der Waals surface area (Å²) in [6, 6.07) is 2.90. The summed E-state index contributed by atoms with van der Waals surface area (Å²) in [4.78, 5) is 12.8. The number of nitrogens with zero attached hydrogens (tertiary/aromatic N) is 1. The first-order chi connectivity index (χ1) is 8.73. The van der Waals surface area contributed by atoms with E-state index in [9.17, 15) is 14.3 Å². The molecule has 0 spiro atoms. The molecule has 1 amide bonds. The number of carbonyl (C=O) groups is 1. The molecule has 1 aromatic carbocycles. The number of nitrogen functional groups attached to an aromatic ring is 1. The summed E-state index contributed by atoms with van der Waals surface area (Å²) in [6.07, 6.45) is -0.603. The molecule has 1 aliphatic rings. The first-order valence-electron chi connectivity index (χ1n) is 6.30. The van der Waals surface area contributed by atoms with Crippen LogP contribution in [0.15, 0.2) is 12.1 Å². The van der Waals surface area contributed by atoms with Gasteiger partial charge in [0.25, 0.3) is 0 Å². The number of rotatable bonds is 0. The molecular weight excluding hydrogens is 247 g/mol. The lowest BCUT2D eigenvalue weighted by atomic mass is 9.77. The lowest BCUT2D eigenvalue weighted by molar-refractivity contribution is 0.0753. The van der Waals surface area contributed by atoms with Crippen LogP contribution in [0.4, 0.5) is 14.9 Å². The Morgan fingerprint density at radius 1 is 1.47 bits per heavy atom. The van der Waals surface area contributed by atoms with E-state index >= 15 is 0 Å². The van der Waals surface area contributed by atoms with Gasteiger partial charge in [0.2, 0.25) is 0 Å². The Balaban J connectivity index is 2.60. The smallest absolute Gasteiger partial charge is 0.407 e. The third-order valence-electron chi connectivity index (χ3n) is 3.58. The quantitative estimate of drug-likeness (QED) is 0.709. The van der Waals surface area contributed by atoms with Crippen molar-refractivity contribution in [2.24, 2.45) is 5.41 Å². The molecule has 2 rings (SSSR count). The Hall–Kier alpha value is -1.78. The molecule has 0 aromatic heterocycles. The number of amides is 1. The van der Waals surface area contributed by atoms with Crippen molar-refractivity contribution in [3.63, 3.8) is 0 Å². The largest absolute Gasteiger partial charge is 0.465 e. The van der Waals surface area contributed by atoms with Crippen molar-refractivity contribution < 1.29 is 14.3 Å². The maximum Gasteiger partial charge on any atom is 0.407 e. The second-order valence-electron chi connectivity index (χ2n) is 6.03. The van der Waals surface area contributed by atoms with E-state index < -0.39 is 11.9 Å². The summed E-state index contributed by atoms with van der Waals surface area (Å²) in [5, 5.41) is 9.33. The average Bonchev–Trinajstić information content (AvgIpc) is 2.31. The first kappa shape index (κ1) is 13.6. The summed E-state index contributed by atoms with van der Waals surface area (Å²) < 4.78 is 14.1. The summed E-state index contributed by atoms with van der Waals surface area (Å²) in [6.45, 7) is 6.16. The Labute approximate surface area is 112 Å². The number of anilines is 1. The van der Waals surface area contributed by atoms with Crippen LogP contribution in [0.25, 0.3) is 0 Å². The van der Waals surface area contributed by atoms with Gasteiger partial charge in [-0.15, -0.1) is 0 Å². The summed E-state index contributed by atoms with van der Waals surface area (Å²) in [5.41, 5.74) is 6.68. The maximum absolute atomic E-state index is 14.1. The summed E-state index contributed by atoms with van der Waals surface area (Å²) in [7, 11) is 0. The van der Waals surface area contributed by atoms with Crippen molar-refractivity contribution in [1.82, 2.24) is 4.90 Å². The van der Waals surface area contributed by atoms with E-state index in [1.165, 1.54) is 11.0 Å². The predicted octanol–water partition coefficient (Wildman–Crippen LogP) is 3.03. The maximum atomic E-state index is 14.1. The van der Waals surface area contributed by atoms with Gasteiger partial charge in [0.15, 0.2) is 0 Å². The molecule has 1 aliphatic heterocycles. The van der Waals surface area contributed by atoms with E-state index in [1.54, 1.807) is 6.07 Å². The van der Waals surface area contributed by atoms with Gasteiger partial charge in [0.1, 0.15) is 5.82 Å². The van der Waals surface area contributed by atoms with E-state index in [1.807, 2.05) is 20.8 Å². The molecule has 1 aromatic rings. The van der Waals surface area contributed by atoms with Gasteiger partial charge in [0.05, 0.1) is 11.7 Å². The highest BCUT2D eigenvalue weighted by Crippen LogP contribution is 2.43. The fraction of sp³-hybridized carbons (Fsp3) is 0.500. The predicted molar refractivity (Wildman–Crippen MR) is 71.4 cm³/mol. The zero-order valence-corrected chi connectivity index (χ0v) is 11.4. The van der Waals surface area contributed by atoms with E-state index in [2.05, 4.69) is 0 Å². The number of hydrogen-bond acceptors (Lipinski definition) is 2. The molecule has 0 fully saturated rings. The summed E-state index contributed by atoms with van der Waals surface area (Å²) >= 11 is 0. The zero-order chi connectivity index (χ0) is 14.4. The van der Waals surface area contributed by atoms with Crippen molar-refractivity contribution in [1.29, 1.82) is 0 Å². The fourth-order valence-corrected chi connectivity index (χ4v) is 2.83. The van der Waals surface area contributed by atoms with Crippen molar-refractivity contribution in [3.05, 3.63) is 29.1 Å². The highest BCUT2D eigenvalue weighted by molar-refractivity contribution is 5.67. The van der Waals surface area contributed by atoms with Crippen LogP contribution < -0.4 is 5.73 Å². The molecular formula is C14H19FN2O2. The molecule has 0 radical (unpaired) electrons. The minimum Gasteiger partial charge on any atom is -0.465 e. The van der Waals surface area contributed by atoms with Crippen LogP contribution in [-0.4, -0.2) is 22.6 Å². The molecule has 104 valence electrons. The van der Waals surface area contributed by atoms with Gasteiger partial charge in [-0.1, -0.05) is 26.8 Å². The van der Waals surface area contributed by atoms with Gasteiger partial charge in [-0.3, -0.25) is 0 Å². The Morgan fingerprint density at radius 3 is 2.63 bits per heavy atom. The van der Waals surface area contributed by atoms with Gasteiger partial charge in [-0.05, 0) is 29.0 Å². The van der Waals surface area contributed by atoms with Gasteiger partial charge >= 0.3 is 6.09 Å². The van der Waals surface area contributed by atoms with Crippen LogP contribution >= 0.6 is 0 Å². The van der Waals surface area contributed by atoms with E-state index in [-0.39, 0.29) is 17.1 Å². The van der Waals surface area contributed by atoms with Crippen molar-refractivity contribution >= 4 is 11.8 Å². The molecule has 4 nitrogen and oxygen atoms in total. The lowest BCUT2D eigenvalue weighted by Gasteiger charge is -2.43. The number of halogens is 1. The Bertz CT molecular complexity index is 523. The average molecular weight is 266 g/mol. The zero-order valence-electron chi connectivity index (χ0n) is 11.4. The van der Waals surface area contributed by atoms with E-state index in [4.69, 9.17) is 5.73 Å².